The summed E-state index contributed by atoms with van der Waals surface area (Å²) in [5, 5.41) is 4.55. The van der Waals surface area contributed by atoms with Gasteiger partial charge >= 0.3 is 0 Å². The fourth-order valence-corrected chi connectivity index (χ4v) is 3.30. The van der Waals surface area contributed by atoms with Crippen molar-refractivity contribution >= 4 is 28.5 Å². The van der Waals surface area contributed by atoms with Gasteiger partial charge in [0, 0.05) is 28.0 Å². The lowest BCUT2D eigenvalue weighted by molar-refractivity contribution is 0.0898. The SMILES string of the molecule is Cc1c(C(=O)N[C@@H]2CCOc3ccccc32)oc2ccc(Cl)cc12. The summed E-state index contributed by atoms with van der Waals surface area (Å²) in [6.45, 7) is 2.45. The van der Waals surface area contributed by atoms with E-state index in [9.17, 15) is 4.79 Å². The largest absolute Gasteiger partial charge is 0.493 e. The van der Waals surface area contributed by atoms with Crippen LogP contribution in [0.15, 0.2) is 46.9 Å². The molecule has 1 N–H and O–H groups in total. The minimum absolute atomic E-state index is 0.0846. The number of nitrogens with one attached hydrogen (secondary N) is 1. The summed E-state index contributed by atoms with van der Waals surface area (Å²) in [7, 11) is 0. The molecule has 0 bridgehead atoms. The molecule has 0 saturated heterocycles. The lowest BCUT2D eigenvalue weighted by Gasteiger charge is -2.26. The number of furan rings is 1. The van der Waals surface area contributed by atoms with Crippen LogP contribution < -0.4 is 10.1 Å². The molecule has 1 aliphatic heterocycles. The molecule has 5 heteroatoms. The van der Waals surface area contributed by atoms with Crippen molar-refractivity contribution in [2.24, 2.45) is 0 Å². The molecule has 0 aliphatic carbocycles. The van der Waals surface area contributed by atoms with Gasteiger partial charge in [-0.2, -0.15) is 0 Å². The molecule has 0 spiro atoms. The van der Waals surface area contributed by atoms with Crippen LogP contribution in [-0.2, 0) is 0 Å². The van der Waals surface area contributed by atoms with Gasteiger partial charge in [-0.1, -0.05) is 29.8 Å². The summed E-state index contributed by atoms with van der Waals surface area (Å²) in [5.74, 6) is 0.930. The maximum Gasteiger partial charge on any atom is 0.287 e. The molecule has 1 atom stereocenters. The lowest BCUT2D eigenvalue weighted by Crippen LogP contribution is -2.32. The number of fused-ring (bicyclic) bond motifs is 2. The Labute approximate surface area is 144 Å². The molecule has 0 saturated carbocycles. The molecular weight excluding hydrogens is 326 g/mol. The number of aryl methyl sites for hydroxylation is 1. The first-order valence-corrected chi connectivity index (χ1v) is 8.22. The van der Waals surface area contributed by atoms with Crippen LogP contribution in [0.4, 0.5) is 0 Å². The van der Waals surface area contributed by atoms with Crippen molar-refractivity contribution in [1.29, 1.82) is 0 Å². The van der Waals surface area contributed by atoms with Gasteiger partial charge in [-0.15, -0.1) is 0 Å². The number of hydrogen-bond acceptors (Lipinski definition) is 3. The average Bonchev–Trinajstić information content (AvgIpc) is 2.92. The van der Waals surface area contributed by atoms with E-state index < -0.39 is 0 Å². The second-order valence-electron chi connectivity index (χ2n) is 5.90. The van der Waals surface area contributed by atoms with Gasteiger partial charge in [0.2, 0.25) is 0 Å². The van der Waals surface area contributed by atoms with E-state index in [1.54, 1.807) is 12.1 Å². The smallest absolute Gasteiger partial charge is 0.287 e. The lowest BCUT2D eigenvalue weighted by atomic mass is 10.0. The van der Waals surface area contributed by atoms with E-state index in [2.05, 4.69) is 5.32 Å². The molecule has 0 unspecified atom stereocenters. The zero-order chi connectivity index (χ0) is 16.7. The second-order valence-corrected chi connectivity index (χ2v) is 6.33. The van der Waals surface area contributed by atoms with Gasteiger partial charge in [-0.25, -0.2) is 0 Å². The van der Waals surface area contributed by atoms with E-state index in [1.807, 2.05) is 37.3 Å². The molecule has 4 rings (SSSR count). The van der Waals surface area contributed by atoms with Crippen molar-refractivity contribution in [3.63, 3.8) is 0 Å². The zero-order valence-corrected chi connectivity index (χ0v) is 13.9. The van der Waals surface area contributed by atoms with Crippen LogP contribution in [-0.4, -0.2) is 12.5 Å². The number of hydrogen-bond donors (Lipinski definition) is 1. The van der Waals surface area contributed by atoms with Gasteiger partial charge < -0.3 is 14.5 Å². The molecular formula is C19H16ClNO3. The topological polar surface area (TPSA) is 51.5 Å². The highest BCUT2D eigenvalue weighted by atomic mass is 35.5. The summed E-state index contributed by atoms with van der Waals surface area (Å²) >= 11 is 6.04. The van der Waals surface area contributed by atoms with Gasteiger partial charge in [0.05, 0.1) is 12.6 Å². The highest BCUT2D eigenvalue weighted by Gasteiger charge is 2.25. The van der Waals surface area contributed by atoms with E-state index in [-0.39, 0.29) is 11.9 Å². The number of halogens is 1. The Balaban J connectivity index is 1.65. The highest BCUT2D eigenvalue weighted by Crippen LogP contribution is 2.33. The number of ether oxygens (including phenoxy) is 1. The minimum atomic E-state index is -0.221. The molecule has 1 amide bonds. The molecule has 0 radical (unpaired) electrons. The van der Waals surface area contributed by atoms with Gasteiger partial charge in [0.25, 0.3) is 5.91 Å². The van der Waals surface area contributed by atoms with Crippen LogP contribution in [0.2, 0.25) is 5.02 Å². The Kier molecular flexibility index (Phi) is 3.69. The number of amides is 1. The molecule has 4 nitrogen and oxygen atoms in total. The van der Waals surface area contributed by atoms with E-state index in [0.717, 1.165) is 28.7 Å². The number of benzene rings is 2. The first-order valence-electron chi connectivity index (χ1n) is 7.85. The quantitative estimate of drug-likeness (QED) is 0.738. The zero-order valence-electron chi connectivity index (χ0n) is 13.1. The number of para-hydroxylation sites is 1. The third-order valence-corrected chi connectivity index (χ3v) is 4.60. The van der Waals surface area contributed by atoms with Crippen LogP contribution >= 0.6 is 11.6 Å². The fourth-order valence-electron chi connectivity index (χ4n) is 3.13. The molecule has 1 aromatic heterocycles. The summed E-state index contributed by atoms with van der Waals surface area (Å²) in [6.07, 6.45) is 0.730. The summed E-state index contributed by atoms with van der Waals surface area (Å²) in [5.41, 5.74) is 2.45. The number of rotatable bonds is 2. The molecule has 3 aromatic rings. The number of carbonyl (C=O) groups excluding carboxylic acids is 1. The normalized spacial score (nSPS) is 16.5. The summed E-state index contributed by atoms with van der Waals surface area (Å²) in [6, 6.07) is 13.0. The highest BCUT2D eigenvalue weighted by molar-refractivity contribution is 6.31. The Morgan fingerprint density at radius 2 is 2.08 bits per heavy atom. The number of carbonyl (C=O) groups is 1. The monoisotopic (exact) mass is 341 g/mol. The van der Waals surface area contributed by atoms with Crippen molar-refractivity contribution in [2.45, 2.75) is 19.4 Å². The van der Waals surface area contributed by atoms with Crippen LogP contribution in [0.25, 0.3) is 11.0 Å². The minimum Gasteiger partial charge on any atom is -0.493 e. The molecule has 1 aliphatic rings. The standard InChI is InChI=1S/C19H16ClNO3/c1-11-14-10-12(20)6-7-17(14)24-18(11)19(22)21-15-8-9-23-16-5-3-2-4-13(15)16/h2-7,10,15H,8-9H2,1H3,(H,21,22)/t15-/m1/s1. The summed E-state index contributed by atoms with van der Waals surface area (Å²) in [4.78, 5) is 12.7. The van der Waals surface area contributed by atoms with Gasteiger partial charge in [-0.05, 0) is 31.2 Å². The maximum atomic E-state index is 12.7. The van der Waals surface area contributed by atoms with E-state index in [4.69, 9.17) is 20.8 Å². The van der Waals surface area contributed by atoms with Crippen molar-refractivity contribution in [3.05, 3.63) is 64.4 Å². The molecule has 122 valence electrons. The first kappa shape index (κ1) is 15.1. The van der Waals surface area contributed by atoms with Crippen LogP contribution in [0.3, 0.4) is 0 Å². The first-order chi connectivity index (χ1) is 11.6. The Bertz CT molecular complexity index is 932. The van der Waals surface area contributed by atoms with Gasteiger partial charge in [-0.3, -0.25) is 4.79 Å². The van der Waals surface area contributed by atoms with Gasteiger partial charge in [0.15, 0.2) is 5.76 Å². The Morgan fingerprint density at radius 1 is 1.25 bits per heavy atom. The van der Waals surface area contributed by atoms with Crippen LogP contribution in [0.5, 0.6) is 5.75 Å². The van der Waals surface area contributed by atoms with Crippen molar-refractivity contribution in [1.82, 2.24) is 5.32 Å². The van der Waals surface area contributed by atoms with Crippen molar-refractivity contribution in [2.75, 3.05) is 6.61 Å². The van der Waals surface area contributed by atoms with Crippen LogP contribution in [0.1, 0.15) is 34.1 Å². The molecule has 24 heavy (non-hydrogen) atoms. The summed E-state index contributed by atoms with van der Waals surface area (Å²) < 4.78 is 11.4. The van der Waals surface area contributed by atoms with E-state index >= 15 is 0 Å². The third kappa shape index (κ3) is 2.53. The van der Waals surface area contributed by atoms with Crippen LogP contribution in [0, 0.1) is 6.92 Å². The maximum absolute atomic E-state index is 12.7. The Hall–Kier alpha value is -2.46. The van der Waals surface area contributed by atoms with Crippen molar-refractivity contribution in [3.8, 4) is 5.75 Å². The molecule has 0 fully saturated rings. The average molecular weight is 342 g/mol. The van der Waals surface area contributed by atoms with Crippen molar-refractivity contribution < 1.29 is 13.9 Å². The van der Waals surface area contributed by atoms with Gasteiger partial charge in [0.1, 0.15) is 11.3 Å². The predicted molar refractivity (Wildman–Crippen MR) is 92.7 cm³/mol. The van der Waals surface area contributed by atoms with E-state index in [0.29, 0.717) is 23.0 Å². The molecule has 2 heterocycles. The fraction of sp³-hybridized carbons (Fsp3) is 0.211. The second kappa shape index (κ2) is 5.87. The van der Waals surface area contributed by atoms with E-state index in [1.165, 1.54) is 0 Å². The predicted octanol–water partition coefficient (Wildman–Crippen LogP) is 4.65. The molecule has 2 aromatic carbocycles. The Morgan fingerprint density at radius 3 is 2.96 bits per heavy atom. The third-order valence-electron chi connectivity index (χ3n) is 4.37.